The van der Waals surface area contributed by atoms with Crippen LogP contribution in [0.4, 0.5) is 0 Å². The number of rotatable bonds is 2. The Kier molecular flexibility index (Phi) is 2.91. The molecule has 0 unspecified atom stereocenters. The van der Waals surface area contributed by atoms with Gasteiger partial charge in [0, 0.05) is 19.5 Å². The van der Waals surface area contributed by atoms with E-state index in [2.05, 4.69) is 27.7 Å². The quantitative estimate of drug-likeness (QED) is 0.728. The van der Waals surface area contributed by atoms with E-state index < -0.39 is 0 Å². The largest absolute Gasteiger partial charge is 0.339 e. The molecule has 1 saturated heterocycles. The molecule has 0 aromatic heterocycles. The molecule has 14 heavy (non-hydrogen) atoms. The van der Waals surface area contributed by atoms with Gasteiger partial charge in [0.1, 0.15) is 0 Å². The van der Waals surface area contributed by atoms with Gasteiger partial charge in [-0.1, -0.05) is 27.7 Å². The zero-order valence-corrected chi connectivity index (χ0v) is 9.76. The lowest BCUT2D eigenvalue weighted by molar-refractivity contribution is -0.140. The average Bonchev–Trinajstić information content (AvgIpc) is 1.95. The zero-order chi connectivity index (χ0) is 11.0. The van der Waals surface area contributed by atoms with Crippen LogP contribution in [0.1, 0.15) is 40.5 Å². The van der Waals surface area contributed by atoms with Gasteiger partial charge in [-0.05, 0) is 11.8 Å². The third-order valence-corrected chi connectivity index (χ3v) is 2.75. The second kappa shape index (κ2) is 3.54. The molecule has 1 heterocycles. The number of hydrogen-bond donors (Lipinski definition) is 1. The Morgan fingerprint density at radius 3 is 2.29 bits per heavy atom. The van der Waals surface area contributed by atoms with Crippen LogP contribution in [0.3, 0.4) is 0 Å². The van der Waals surface area contributed by atoms with Crippen LogP contribution in [0.15, 0.2) is 0 Å². The van der Waals surface area contributed by atoms with E-state index in [0.29, 0.717) is 6.42 Å². The van der Waals surface area contributed by atoms with E-state index in [1.807, 2.05) is 4.90 Å². The Balaban J connectivity index is 2.37. The summed E-state index contributed by atoms with van der Waals surface area (Å²) < 4.78 is 0. The second-order valence-corrected chi connectivity index (χ2v) is 5.70. The normalized spacial score (nSPS) is 20.5. The Morgan fingerprint density at radius 1 is 1.43 bits per heavy atom. The van der Waals surface area contributed by atoms with Gasteiger partial charge in [-0.25, -0.2) is 0 Å². The fourth-order valence-electron chi connectivity index (χ4n) is 1.68. The minimum atomic E-state index is -0.104. The molecule has 2 N–H and O–H groups in total. The van der Waals surface area contributed by atoms with Crippen molar-refractivity contribution in [1.82, 2.24) is 4.90 Å². The van der Waals surface area contributed by atoms with Gasteiger partial charge in [-0.2, -0.15) is 0 Å². The van der Waals surface area contributed by atoms with E-state index in [1.54, 1.807) is 0 Å². The lowest BCUT2D eigenvalue weighted by atomic mass is 9.85. The minimum absolute atomic E-state index is 0.0795. The van der Waals surface area contributed by atoms with Crippen LogP contribution in [0, 0.1) is 5.41 Å². The van der Waals surface area contributed by atoms with Gasteiger partial charge in [0.15, 0.2) is 0 Å². The zero-order valence-electron chi connectivity index (χ0n) is 9.76. The predicted molar refractivity (Wildman–Crippen MR) is 57.9 cm³/mol. The monoisotopic (exact) mass is 198 g/mol. The molecular weight excluding hydrogens is 176 g/mol. The smallest absolute Gasteiger partial charge is 0.223 e. The number of carbonyl (C=O) groups excluding carboxylic acids is 1. The van der Waals surface area contributed by atoms with E-state index >= 15 is 0 Å². The molecule has 0 aliphatic carbocycles. The van der Waals surface area contributed by atoms with Gasteiger partial charge in [0.2, 0.25) is 5.91 Å². The Morgan fingerprint density at radius 2 is 1.93 bits per heavy atom. The van der Waals surface area contributed by atoms with Gasteiger partial charge in [-0.15, -0.1) is 0 Å². The number of hydrogen-bond acceptors (Lipinski definition) is 2. The standard InChI is InChI=1S/C11H22N2O/c1-5-11(12)7-13(8-11)9(14)6-10(2,3)4/h5-8,12H2,1-4H3. The number of likely N-dealkylation sites (tertiary alicyclic amines) is 1. The molecular formula is C11H22N2O. The lowest BCUT2D eigenvalue weighted by Gasteiger charge is -2.48. The van der Waals surface area contributed by atoms with Crippen molar-refractivity contribution in [3.05, 3.63) is 0 Å². The molecule has 1 aliphatic rings. The summed E-state index contributed by atoms with van der Waals surface area (Å²) in [4.78, 5) is 13.6. The highest BCUT2D eigenvalue weighted by Gasteiger charge is 2.40. The number of carbonyl (C=O) groups is 1. The minimum Gasteiger partial charge on any atom is -0.339 e. The maximum absolute atomic E-state index is 11.7. The van der Waals surface area contributed by atoms with Crippen LogP contribution in [0.5, 0.6) is 0 Å². The third kappa shape index (κ3) is 2.71. The molecule has 82 valence electrons. The molecule has 0 radical (unpaired) electrons. The van der Waals surface area contributed by atoms with Crippen molar-refractivity contribution in [2.24, 2.45) is 11.1 Å². The SMILES string of the molecule is CCC1(N)CN(C(=O)CC(C)(C)C)C1. The maximum atomic E-state index is 11.7. The number of amides is 1. The summed E-state index contributed by atoms with van der Waals surface area (Å²) in [6.07, 6.45) is 1.57. The van der Waals surface area contributed by atoms with Crippen LogP contribution in [0.2, 0.25) is 0 Å². The van der Waals surface area contributed by atoms with Crippen molar-refractivity contribution in [1.29, 1.82) is 0 Å². The van der Waals surface area contributed by atoms with E-state index in [-0.39, 0.29) is 16.9 Å². The van der Waals surface area contributed by atoms with Crippen molar-refractivity contribution in [3.8, 4) is 0 Å². The topological polar surface area (TPSA) is 46.3 Å². The predicted octanol–water partition coefficient (Wildman–Crippen LogP) is 1.37. The van der Waals surface area contributed by atoms with Crippen molar-refractivity contribution in [3.63, 3.8) is 0 Å². The molecule has 0 aromatic carbocycles. The van der Waals surface area contributed by atoms with Crippen molar-refractivity contribution in [2.75, 3.05) is 13.1 Å². The van der Waals surface area contributed by atoms with E-state index in [0.717, 1.165) is 19.5 Å². The summed E-state index contributed by atoms with van der Waals surface area (Å²) in [6, 6.07) is 0. The van der Waals surface area contributed by atoms with E-state index in [4.69, 9.17) is 5.73 Å². The van der Waals surface area contributed by atoms with E-state index in [9.17, 15) is 4.79 Å². The highest BCUT2D eigenvalue weighted by molar-refractivity contribution is 5.78. The molecule has 0 bridgehead atoms. The second-order valence-electron chi connectivity index (χ2n) is 5.70. The third-order valence-electron chi connectivity index (χ3n) is 2.75. The van der Waals surface area contributed by atoms with Crippen molar-refractivity contribution in [2.45, 2.75) is 46.1 Å². The molecule has 1 amide bonds. The molecule has 1 rings (SSSR count). The van der Waals surface area contributed by atoms with Crippen molar-refractivity contribution < 1.29 is 4.79 Å². The summed E-state index contributed by atoms with van der Waals surface area (Å²) in [5, 5.41) is 0. The summed E-state index contributed by atoms with van der Waals surface area (Å²) in [6.45, 7) is 9.79. The van der Waals surface area contributed by atoms with Crippen LogP contribution < -0.4 is 5.73 Å². The molecule has 1 fully saturated rings. The molecule has 0 spiro atoms. The van der Waals surface area contributed by atoms with Crippen LogP contribution >= 0.6 is 0 Å². The van der Waals surface area contributed by atoms with Crippen LogP contribution in [0.25, 0.3) is 0 Å². The Bertz CT molecular complexity index is 224. The van der Waals surface area contributed by atoms with Gasteiger partial charge >= 0.3 is 0 Å². The molecule has 3 heteroatoms. The van der Waals surface area contributed by atoms with Gasteiger partial charge in [0.25, 0.3) is 0 Å². The number of nitrogens with zero attached hydrogens (tertiary/aromatic N) is 1. The molecule has 1 aliphatic heterocycles. The van der Waals surface area contributed by atoms with Crippen LogP contribution in [-0.4, -0.2) is 29.4 Å². The Labute approximate surface area is 86.6 Å². The first-order valence-electron chi connectivity index (χ1n) is 5.32. The first-order valence-corrected chi connectivity index (χ1v) is 5.32. The highest BCUT2D eigenvalue weighted by Crippen LogP contribution is 2.26. The average molecular weight is 198 g/mol. The molecule has 0 atom stereocenters. The molecule has 0 aromatic rings. The molecule has 0 saturated carbocycles. The summed E-state index contributed by atoms with van der Waals surface area (Å²) in [7, 11) is 0. The summed E-state index contributed by atoms with van der Waals surface area (Å²) in [5.74, 6) is 0.243. The summed E-state index contributed by atoms with van der Waals surface area (Å²) >= 11 is 0. The fourth-order valence-corrected chi connectivity index (χ4v) is 1.68. The fraction of sp³-hybridized carbons (Fsp3) is 0.909. The van der Waals surface area contributed by atoms with Gasteiger partial charge < -0.3 is 10.6 Å². The Hall–Kier alpha value is -0.570. The van der Waals surface area contributed by atoms with E-state index in [1.165, 1.54) is 0 Å². The first-order chi connectivity index (χ1) is 6.26. The first kappa shape index (κ1) is 11.5. The summed E-state index contributed by atoms with van der Waals surface area (Å²) in [5.41, 5.74) is 5.98. The number of nitrogens with two attached hydrogens (primary N) is 1. The highest BCUT2D eigenvalue weighted by atomic mass is 16.2. The van der Waals surface area contributed by atoms with Gasteiger partial charge in [0.05, 0.1) is 5.54 Å². The van der Waals surface area contributed by atoms with Gasteiger partial charge in [-0.3, -0.25) is 4.79 Å². The van der Waals surface area contributed by atoms with Crippen molar-refractivity contribution >= 4 is 5.91 Å². The van der Waals surface area contributed by atoms with Crippen LogP contribution in [-0.2, 0) is 4.79 Å². The lowest BCUT2D eigenvalue weighted by Crippen LogP contribution is -2.68. The maximum Gasteiger partial charge on any atom is 0.223 e. The molecule has 3 nitrogen and oxygen atoms in total.